The number of carbonyl (C=O) groups is 2. The SMILES string of the molecule is NCc1ccccc1COCCN(C(=O)Nc1ncc(SCC(=O)O)s1)C1CCCCC1. The molecule has 1 fully saturated rings. The highest BCUT2D eigenvalue weighted by atomic mass is 32.2. The molecule has 1 aromatic carbocycles. The lowest BCUT2D eigenvalue weighted by Gasteiger charge is -2.34. The van der Waals surface area contributed by atoms with Gasteiger partial charge in [-0.3, -0.25) is 10.1 Å². The second-order valence-corrected chi connectivity index (χ2v) is 9.91. The molecule has 0 spiro atoms. The number of nitrogens with two attached hydrogens (primary N) is 1. The van der Waals surface area contributed by atoms with Crippen molar-refractivity contribution < 1.29 is 19.4 Å². The summed E-state index contributed by atoms with van der Waals surface area (Å²) in [4.78, 5) is 29.9. The zero-order valence-electron chi connectivity index (χ0n) is 18.0. The Morgan fingerprint density at radius 3 is 2.72 bits per heavy atom. The van der Waals surface area contributed by atoms with Crippen molar-refractivity contribution >= 4 is 40.2 Å². The number of carboxylic acids is 1. The number of hydrogen-bond donors (Lipinski definition) is 3. The summed E-state index contributed by atoms with van der Waals surface area (Å²) in [7, 11) is 0. The minimum absolute atomic E-state index is 0.0333. The van der Waals surface area contributed by atoms with Gasteiger partial charge in [0.1, 0.15) is 0 Å². The third-order valence-corrected chi connectivity index (χ3v) is 7.48. The average Bonchev–Trinajstić information content (AvgIpc) is 3.25. The van der Waals surface area contributed by atoms with Crippen molar-refractivity contribution in [2.45, 2.75) is 55.5 Å². The third kappa shape index (κ3) is 7.47. The number of carboxylic acid groups (broad SMARTS) is 1. The number of ether oxygens (including phenoxy) is 1. The number of aliphatic carboxylic acids is 1. The highest BCUT2D eigenvalue weighted by molar-refractivity contribution is 8.01. The lowest BCUT2D eigenvalue weighted by molar-refractivity contribution is -0.133. The highest BCUT2D eigenvalue weighted by Crippen LogP contribution is 2.29. The van der Waals surface area contributed by atoms with E-state index in [9.17, 15) is 9.59 Å². The monoisotopic (exact) mass is 478 g/mol. The van der Waals surface area contributed by atoms with Gasteiger partial charge in [0.15, 0.2) is 5.13 Å². The number of carbonyl (C=O) groups excluding carboxylic acids is 1. The van der Waals surface area contributed by atoms with Gasteiger partial charge in [-0.05, 0) is 24.0 Å². The van der Waals surface area contributed by atoms with Crippen LogP contribution in [0.2, 0.25) is 0 Å². The van der Waals surface area contributed by atoms with E-state index in [2.05, 4.69) is 10.3 Å². The fraction of sp³-hybridized carbons (Fsp3) is 0.500. The molecule has 1 aliphatic carbocycles. The van der Waals surface area contributed by atoms with Gasteiger partial charge in [-0.1, -0.05) is 54.9 Å². The smallest absolute Gasteiger partial charge is 0.323 e. The van der Waals surface area contributed by atoms with Crippen LogP contribution in [0.15, 0.2) is 34.7 Å². The van der Waals surface area contributed by atoms with Gasteiger partial charge in [0.05, 0.1) is 29.4 Å². The first-order chi connectivity index (χ1) is 15.6. The van der Waals surface area contributed by atoms with Crippen molar-refractivity contribution in [1.29, 1.82) is 0 Å². The fourth-order valence-electron chi connectivity index (χ4n) is 3.77. The quantitative estimate of drug-likeness (QED) is 0.328. The van der Waals surface area contributed by atoms with E-state index in [0.717, 1.165) is 41.0 Å². The maximum atomic E-state index is 13.1. The van der Waals surface area contributed by atoms with Crippen LogP contribution in [0.25, 0.3) is 0 Å². The van der Waals surface area contributed by atoms with Crippen molar-refractivity contribution in [2.24, 2.45) is 5.73 Å². The van der Waals surface area contributed by atoms with Gasteiger partial charge in [0.2, 0.25) is 0 Å². The Morgan fingerprint density at radius 1 is 1.25 bits per heavy atom. The number of thioether (sulfide) groups is 1. The van der Waals surface area contributed by atoms with Gasteiger partial charge >= 0.3 is 12.0 Å². The Morgan fingerprint density at radius 2 is 2.00 bits per heavy atom. The number of nitrogens with zero attached hydrogens (tertiary/aromatic N) is 2. The van der Waals surface area contributed by atoms with Crippen LogP contribution in [0.1, 0.15) is 43.2 Å². The van der Waals surface area contributed by atoms with Crippen molar-refractivity contribution in [3.63, 3.8) is 0 Å². The molecule has 0 unspecified atom stereocenters. The number of thiazole rings is 1. The Hall–Kier alpha value is -2.14. The first kappa shape index (κ1) is 24.5. The van der Waals surface area contributed by atoms with Crippen LogP contribution in [-0.4, -0.2) is 51.9 Å². The van der Waals surface area contributed by atoms with Crippen molar-refractivity contribution in [3.05, 3.63) is 41.6 Å². The lowest BCUT2D eigenvalue weighted by atomic mass is 9.94. The molecule has 10 heteroatoms. The molecule has 1 saturated carbocycles. The van der Waals surface area contributed by atoms with Gasteiger partial charge in [0.25, 0.3) is 0 Å². The van der Waals surface area contributed by atoms with Crippen molar-refractivity contribution in [2.75, 3.05) is 24.2 Å². The molecule has 0 radical (unpaired) electrons. The van der Waals surface area contributed by atoms with Crippen molar-refractivity contribution in [1.82, 2.24) is 9.88 Å². The maximum absolute atomic E-state index is 13.1. The van der Waals surface area contributed by atoms with E-state index in [4.69, 9.17) is 15.6 Å². The molecule has 1 aromatic heterocycles. The zero-order chi connectivity index (χ0) is 22.8. The summed E-state index contributed by atoms with van der Waals surface area (Å²) in [5.74, 6) is -0.916. The number of nitrogens with one attached hydrogen (secondary N) is 1. The minimum atomic E-state index is -0.883. The molecule has 0 atom stereocenters. The molecule has 32 heavy (non-hydrogen) atoms. The molecular weight excluding hydrogens is 448 g/mol. The molecule has 2 aromatic rings. The molecule has 8 nitrogen and oxygen atoms in total. The second kappa shape index (κ2) is 12.8. The van der Waals surface area contributed by atoms with Gasteiger partial charge in [-0.2, -0.15) is 0 Å². The van der Waals surface area contributed by atoms with E-state index in [0.29, 0.717) is 31.4 Å². The fourth-order valence-corrected chi connectivity index (χ4v) is 5.35. The van der Waals surface area contributed by atoms with Crippen LogP contribution in [0.5, 0.6) is 0 Å². The molecule has 2 amide bonds. The normalized spacial score (nSPS) is 14.3. The zero-order valence-corrected chi connectivity index (χ0v) is 19.6. The molecule has 174 valence electrons. The number of rotatable bonds is 11. The van der Waals surface area contributed by atoms with Crippen molar-refractivity contribution in [3.8, 4) is 0 Å². The van der Waals surface area contributed by atoms with E-state index < -0.39 is 5.97 Å². The number of urea groups is 1. The van der Waals surface area contributed by atoms with E-state index in [1.807, 2.05) is 29.2 Å². The summed E-state index contributed by atoms with van der Waals surface area (Å²) in [5, 5.41) is 12.2. The second-order valence-electron chi connectivity index (χ2n) is 7.61. The minimum Gasteiger partial charge on any atom is -0.481 e. The van der Waals surface area contributed by atoms with Crippen LogP contribution in [-0.2, 0) is 22.7 Å². The summed E-state index contributed by atoms with van der Waals surface area (Å²) in [6.45, 7) is 1.86. The van der Waals surface area contributed by atoms with Crippen LogP contribution < -0.4 is 11.1 Å². The molecule has 4 N–H and O–H groups in total. The van der Waals surface area contributed by atoms with Crippen LogP contribution in [0, 0.1) is 0 Å². The standard InChI is InChI=1S/C22H30N4O4S2/c23-12-16-6-4-5-7-17(16)14-30-11-10-26(18-8-2-1-3-9-18)22(29)25-21-24-13-20(32-21)31-15-19(27)28/h4-7,13,18H,1-3,8-12,14-15,23H2,(H,27,28)(H,24,25,29). The van der Waals surface area contributed by atoms with Gasteiger partial charge in [-0.25, -0.2) is 9.78 Å². The van der Waals surface area contributed by atoms with E-state index >= 15 is 0 Å². The molecule has 1 aliphatic rings. The highest BCUT2D eigenvalue weighted by Gasteiger charge is 2.26. The molecule has 3 rings (SSSR count). The van der Waals surface area contributed by atoms with Crippen LogP contribution in [0.3, 0.4) is 0 Å². The Labute approximate surface area is 196 Å². The van der Waals surface area contributed by atoms with Crippen LogP contribution >= 0.6 is 23.1 Å². The largest absolute Gasteiger partial charge is 0.481 e. The van der Waals surface area contributed by atoms with E-state index in [1.165, 1.54) is 29.5 Å². The summed E-state index contributed by atoms with van der Waals surface area (Å²) in [6, 6.07) is 7.94. The summed E-state index contributed by atoms with van der Waals surface area (Å²) < 4.78 is 6.65. The number of hydrogen-bond acceptors (Lipinski definition) is 7. The van der Waals surface area contributed by atoms with Gasteiger partial charge in [-0.15, -0.1) is 11.8 Å². The summed E-state index contributed by atoms with van der Waals surface area (Å²) in [5.41, 5.74) is 7.93. The topological polar surface area (TPSA) is 118 Å². The lowest BCUT2D eigenvalue weighted by Crippen LogP contribution is -2.45. The third-order valence-electron chi connectivity index (χ3n) is 5.38. The Bertz CT molecular complexity index is 886. The number of benzene rings is 1. The first-order valence-electron chi connectivity index (χ1n) is 10.8. The molecule has 0 saturated heterocycles. The summed E-state index contributed by atoms with van der Waals surface area (Å²) >= 11 is 2.48. The number of amides is 2. The summed E-state index contributed by atoms with van der Waals surface area (Å²) in [6.07, 6.45) is 7.01. The van der Waals surface area contributed by atoms with E-state index in [-0.39, 0.29) is 17.8 Å². The number of aromatic nitrogens is 1. The predicted molar refractivity (Wildman–Crippen MR) is 127 cm³/mol. The number of anilines is 1. The molecule has 1 heterocycles. The van der Waals surface area contributed by atoms with Gasteiger partial charge < -0.3 is 20.5 Å². The molecule has 0 bridgehead atoms. The van der Waals surface area contributed by atoms with Crippen LogP contribution in [0.4, 0.5) is 9.93 Å². The van der Waals surface area contributed by atoms with E-state index in [1.54, 1.807) is 6.20 Å². The first-order valence-corrected chi connectivity index (χ1v) is 12.6. The maximum Gasteiger partial charge on any atom is 0.323 e. The average molecular weight is 479 g/mol. The molecule has 0 aliphatic heterocycles. The predicted octanol–water partition coefficient (Wildman–Crippen LogP) is 4.16. The van der Waals surface area contributed by atoms with Gasteiger partial charge in [0, 0.05) is 19.1 Å². The Kier molecular flexibility index (Phi) is 9.79. The Balaban J connectivity index is 1.56. The molecular formula is C22H30N4O4S2.